The summed E-state index contributed by atoms with van der Waals surface area (Å²) in [6.07, 6.45) is 0. The lowest BCUT2D eigenvalue weighted by Crippen LogP contribution is -2.54. The zero-order valence-corrected chi connectivity index (χ0v) is 12.1. The van der Waals surface area contributed by atoms with Gasteiger partial charge in [0.15, 0.2) is 0 Å². The predicted molar refractivity (Wildman–Crippen MR) is 76.3 cm³/mol. The zero-order chi connectivity index (χ0) is 14.0. The minimum Gasteiger partial charge on any atom is -0.326 e. The molecule has 0 amide bonds. The standard InChI is InChI=1S/C15H24FN3/c1-11-8-19(9-12(2)18(11)3)10-13-4-5-15(16)6-14(13)7-17/h4-6,11-12H,7-10,17H2,1-3H3. The fourth-order valence-corrected chi connectivity index (χ4v) is 2.82. The highest BCUT2D eigenvalue weighted by Gasteiger charge is 2.26. The second kappa shape index (κ2) is 5.99. The molecular weight excluding hydrogens is 241 g/mol. The quantitative estimate of drug-likeness (QED) is 0.904. The molecule has 19 heavy (non-hydrogen) atoms. The molecule has 106 valence electrons. The molecule has 3 nitrogen and oxygen atoms in total. The topological polar surface area (TPSA) is 32.5 Å². The van der Waals surface area contributed by atoms with E-state index in [4.69, 9.17) is 5.73 Å². The molecule has 1 aromatic rings. The Hall–Kier alpha value is -0.970. The van der Waals surface area contributed by atoms with Crippen LogP contribution in [-0.2, 0) is 13.1 Å². The van der Waals surface area contributed by atoms with Gasteiger partial charge in [0.1, 0.15) is 5.82 Å². The van der Waals surface area contributed by atoms with E-state index >= 15 is 0 Å². The van der Waals surface area contributed by atoms with Crippen LogP contribution in [0.2, 0.25) is 0 Å². The van der Waals surface area contributed by atoms with Gasteiger partial charge in [-0.1, -0.05) is 6.07 Å². The summed E-state index contributed by atoms with van der Waals surface area (Å²) in [6.45, 7) is 7.83. The summed E-state index contributed by atoms with van der Waals surface area (Å²) in [5.41, 5.74) is 7.77. The molecule has 0 bridgehead atoms. The van der Waals surface area contributed by atoms with E-state index in [0.29, 0.717) is 18.6 Å². The molecular formula is C15H24FN3. The minimum atomic E-state index is -0.204. The highest BCUT2D eigenvalue weighted by molar-refractivity contribution is 5.27. The Morgan fingerprint density at radius 1 is 1.21 bits per heavy atom. The van der Waals surface area contributed by atoms with Crippen LogP contribution in [0.4, 0.5) is 4.39 Å². The molecule has 2 atom stereocenters. The number of piperazine rings is 1. The van der Waals surface area contributed by atoms with Gasteiger partial charge >= 0.3 is 0 Å². The molecule has 2 N–H and O–H groups in total. The Morgan fingerprint density at radius 3 is 2.42 bits per heavy atom. The molecule has 0 aromatic heterocycles. The Kier molecular flexibility index (Phi) is 4.55. The smallest absolute Gasteiger partial charge is 0.123 e. The van der Waals surface area contributed by atoms with Gasteiger partial charge in [-0.3, -0.25) is 9.80 Å². The summed E-state index contributed by atoms with van der Waals surface area (Å²) in [6, 6.07) is 6.04. The van der Waals surface area contributed by atoms with Gasteiger partial charge in [0.25, 0.3) is 0 Å². The third-order valence-corrected chi connectivity index (χ3v) is 4.22. The van der Waals surface area contributed by atoms with Crippen molar-refractivity contribution in [3.63, 3.8) is 0 Å². The first-order valence-corrected chi connectivity index (χ1v) is 6.93. The number of halogens is 1. The number of nitrogens with two attached hydrogens (primary N) is 1. The van der Waals surface area contributed by atoms with Crippen LogP contribution in [-0.4, -0.2) is 42.0 Å². The van der Waals surface area contributed by atoms with Crippen LogP contribution >= 0.6 is 0 Å². The highest BCUT2D eigenvalue weighted by atomic mass is 19.1. The third kappa shape index (κ3) is 3.32. The van der Waals surface area contributed by atoms with E-state index in [2.05, 4.69) is 30.7 Å². The van der Waals surface area contributed by atoms with Crippen molar-refractivity contribution in [2.24, 2.45) is 5.73 Å². The van der Waals surface area contributed by atoms with Crippen LogP contribution in [0.5, 0.6) is 0 Å². The predicted octanol–water partition coefficient (Wildman–Crippen LogP) is 1.81. The molecule has 1 heterocycles. The van der Waals surface area contributed by atoms with Crippen molar-refractivity contribution in [2.45, 2.75) is 39.0 Å². The fraction of sp³-hybridized carbons (Fsp3) is 0.600. The van der Waals surface area contributed by atoms with Crippen molar-refractivity contribution in [3.05, 3.63) is 35.1 Å². The normalized spacial score (nSPS) is 25.7. The Labute approximate surface area is 115 Å². The molecule has 0 radical (unpaired) electrons. The van der Waals surface area contributed by atoms with Crippen molar-refractivity contribution in [1.29, 1.82) is 0 Å². The van der Waals surface area contributed by atoms with Crippen molar-refractivity contribution in [1.82, 2.24) is 9.80 Å². The molecule has 1 fully saturated rings. The number of hydrogen-bond acceptors (Lipinski definition) is 3. The number of hydrogen-bond donors (Lipinski definition) is 1. The Morgan fingerprint density at radius 2 is 1.84 bits per heavy atom. The van der Waals surface area contributed by atoms with E-state index < -0.39 is 0 Å². The zero-order valence-electron chi connectivity index (χ0n) is 12.1. The lowest BCUT2D eigenvalue weighted by atomic mass is 10.0. The Balaban J connectivity index is 2.09. The summed E-state index contributed by atoms with van der Waals surface area (Å²) in [5.74, 6) is -0.204. The van der Waals surface area contributed by atoms with Crippen LogP contribution in [0, 0.1) is 5.82 Å². The maximum atomic E-state index is 13.2. The molecule has 0 aliphatic carbocycles. The second-order valence-electron chi connectivity index (χ2n) is 5.67. The van der Waals surface area contributed by atoms with E-state index in [0.717, 1.165) is 30.8 Å². The maximum absolute atomic E-state index is 13.2. The van der Waals surface area contributed by atoms with Crippen molar-refractivity contribution in [2.75, 3.05) is 20.1 Å². The molecule has 0 saturated carbocycles. The summed E-state index contributed by atoms with van der Waals surface area (Å²) < 4.78 is 13.2. The Bertz CT molecular complexity index is 423. The monoisotopic (exact) mass is 265 g/mol. The molecule has 1 aliphatic rings. The van der Waals surface area contributed by atoms with Crippen molar-refractivity contribution in [3.8, 4) is 0 Å². The molecule has 1 aromatic carbocycles. The van der Waals surface area contributed by atoms with Gasteiger partial charge in [0.2, 0.25) is 0 Å². The van der Waals surface area contributed by atoms with E-state index in [1.807, 2.05) is 6.07 Å². The summed E-state index contributed by atoms with van der Waals surface area (Å²) in [7, 11) is 2.18. The van der Waals surface area contributed by atoms with Gasteiger partial charge in [-0.25, -0.2) is 4.39 Å². The summed E-state index contributed by atoms with van der Waals surface area (Å²) in [5, 5.41) is 0. The van der Waals surface area contributed by atoms with Gasteiger partial charge in [0, 0.05) is 38.3 Å². The van der Waals surface area contributed by atoms with Gasteiger partial charge in [-0.2, -0.15) is 0 Å². The first-order valence-electron chi connectivity index (χ1n) is 6.93. The van der Waals surface area contributed by atoms with Crippen LogP contribution < -0.4 is 5.73 Å². The van der Waals surface area contributed by atoms with E-state index in [-0.39, 0.29) is 5.82 Å². The number of nitrogens with zero attached hydrogens (tertiary/aromatic N) is 2. The molecule has 0 spiro atoms. The second-order valence-corrected chi connectivity index (χ2v) is 5.67. The molecule has 1 saturated heterocycles. The number of likely N-dealkylation sites (N-methyl/N-ethyl adjacent to an activating group) is 1. The highest BCUT2D eigenvalue weighted by Crippen LogP contribution is 2.18. The molecule has 4 heteroatoms. The van der Waals surface area contributed by atoms with Crippen molar-refractivity contribution < 1.29 is 4.39 Å². The van der Waals surface area contributed by atoms with E-state index in [1.54, 1.807) is 6.07 Å². The maximum Gasteiger partial charge on any atom is 0.123 e. The average molecular weight is 265 g/mol. The number of rotatable bonds is 3. The van der Waals surface area contributed by atoms with E-state index in [9.17, 15) is 4.39 Å². The molecule has 1 aliphatic heterocycles. The lowest BCUT2D eigenvalue weighted by Gasteiger charge is -2.42. The molecule has 2 rings (SSSR count). The van der Waals surface area contributed by atoms with Crippen LogP contribution in [0.15, 0.2) is 18.2 Å². The van der Waals surface area contributed by atoms with E-state index in [1.165, 1.54) is 6.07 Å². The summed E-state index contributed by atoms with van der Waals surface area (Å²) >= 11 is 0. The average Bonchev–Trinajstić information content (AvgIpc) is 2.38. The largest absolute Gasteiger partial charge is 0.326 e. The summed E-state index contributed by atoms with van der Waals surface area (Å²) in [4.78, 5) is 4.84. The van der Waals surface area contributed by atoms with Gasteiger partial charge in [0.05, 0.1) is 0 Å². The first kappa shape index (κ1) is 14.4. The first-order chi connectivity index (χ1) is 9.01. The van der Waals surface area contributed by atoms with Crippen molar-refractivity contribution >= 4 is 0 Å². The number of benzene rings is 1. The lowest BCUT2D eigenvalue weighted by molar-refractivity contribution is 0.0555. The van der Waals surface area contributed by atoms with Gasteiger partial charge < -0.3 is 5.73 Å². The SMILES string of the molecule is CC1CN(Cc2ccc(F)cc2CN)CC(C)N1C. The van der Waals surface area contributed by atoms with Gasteiger partial charge in [-0.15, -0.1) is 0 Å². The van der Waals surface area contributed by atoms with Gasteiger partial charge in [-0.05, 0) is 44.2 Å². The fourth-order valence-electron chi connectivity index (χ4n) is 2.82. The minimum absolute atomic E-state index is 0.204. The van der Waals surface area contributed by atoms with Crippen LogP contribution in [0.25, 0.3) is 0 Å². The van der Waals surface area contributed by atoms with Crippen LogP contribution in [0.1, 0.15) is 25.0 Å². The third-order valence-electron chi connectivity index (χ3n) is 4.22. The van der Waals surface area contributed by atoms with Crippen LogP contribution in [0.3, 0.4) is 0 Å². The molecule has 2 unspecified atom stereocenters.